The molecule has 1 saturated carbocycles. The van der Waals surface area contributed by atoms with Gasteiger partial charge in [0.05, 0.1) is 43.9 Å². The van der Waals surface area contributed by atoms with E-state index in [1.165, 1.54) is 14.2 Å². The van der Waals surface area contributed by atoms with Crippen molar-refractivity contribution >= 4 is 46.2 Å². The minimum atomic E-state index is -0.689. The van der Waals surface area contributed by atoms with Crippen LogP contribution in [-0.4, -0.2) is 94.4 Å². The number of imidazole rings is 1. The second-order valence-electron chi connectivity index (χ2n) is 17.2. The summed E-state index contributed by atoms with van der Waals surface area (Å²) in [6, 6.07) is 17.1. The fourth-order valence-corrected chi connectivity index (χ4v) is 9.55. The number of likely N-dealkylation sites (tertiary alicyclic amines) is 2. The molecule has 60 heavy (non-hydrogen) atoms. The van der Waals surface area contributed by atoms with Gasteiger partial charge in [0.15, 0.2) is 0 Å². The summed E-state index contributed by atoms with van der Waals surface area (Å²) in [7, 11) is 2.61. The lowest BCUT2D eigenvalue weighted by molar-refractivity contribution is -0.137. The van der Waals surface area contributed by atoms with Crippen molar-refractivity contribution in [2.75, 3.05) is 20.8 Å². The molecule has 6 atom stereocenters. The number of ether oxygens (including phenoxy) is 2. The van der Waals surface area contributed by atoms with Gasteiger partial charge in [0.2, 0.25) is 11.8 Å². The molecule has 2 saturated heterocycles. The maximum atomic E-state index is 14.0. The molecule has 4 aromatic rings. The molecule has 0 spiro atoms. The first-order valence-electron chi connectivity index (χ1n) is 21.1. The monoisotopic (exact) mass is 811 g/mol. The van der Waals surface area contributed by atoms with Gasteiger partial charge in [-0.3, -0.25) is 14.6 Å². The van der Waals surface area contributed by atoms with Gasteiger partial charge in [-0.2, -0.15) is 0 Å². The van der Waals surface area contributed by atoms with E-state index in [1.54, 1.807) is 0 Å². The first-order chi connectivity index (χ1) is 28.9. The van der Waals surface area contributed by atoms with E-state index in [1.807, 2.05) is 61.9 Å². The molecular weight excluding hydrogens is 759 g/mol. The number of carbonyl (C=O) groups excluding carboxylic acids is 4. The van der Waals surface area contributed by atoms with Gasteiger partial charge in [0, 0.05) is 41.4 Å². The van der Waals surface area contributed by atoms with Crippen molar-refractivity contribution in [2.45, 2.75) is 96.4 Å². The van der Waals surface area contributed by atoms with Crippen molar-refractivity contribution in [1.29, 1.82) is 0 Å². The second-order valence-corrected chi connectivity index (χ2v) is 17.2. The number of fused-ring (bicyclic) bond motifs is 4. The number of hydrogen-bond donors (Lipinski definition) is 3. The Morgan fingerprint density at radius 1 is 0.817 bits per heavy atom. The van der Waals surface area contributed by atoms with Crippen molar-refractivity contribution in [3.8, 4) is 23.1 Å². The Morgan fingerprint density at radius 2 is 1.48 bits per heavy atom. The summed E-state index contributed by atoms with van der Waals surface area (Å²) >= 11 is 0. The Kier molecular flexibility index (Phi) is 11.4. The number of aromatic nitrogens is 2. The lowest BCUT2D eigenvalue weighted by atomic mass is 9.90. The maximum absolute atomic E-state index is 14.0. The third kappa shape index (κ3) is 7.95. The number of aromatic amines is 1. The van der Waals surface area contributed by atoms with Crippen LogP contribution in [0, 0.1) is 29.6 Å². The zero-order chi connectivity index (χ0) is 42.2. The highest BCUT2D eigenvalue weighted by Gasteiger charge is 2.52. The van der Waals surface area contributed by atoms with E-state index in [0.717, 1.165) is 88.0 Å². The standard InChI is InChI=1S/C47H53N7O6/c1-26(2)40(51-46(57)59-5)44(55)53-19-7-8-39(53)43-48-25-38(50-43)32-15-14-30-20-28(11-13-31(30)22-32)9-10-29-12-18-36-34(21-29)24-37(49-36)42-33-16-17-35(23-33)54(42)45(56)41(27(3)4)52-47(58)60-6/h11-15,18,20-22,25-27,33,35,39-42H,7-8,16-17,19,23-24H2,1-6H3,(H,48,50)(H,51,57)(H,52,58)/t33-,35+,39-,40-,41-,42-/m0/s1. The smallest absolute Gasteiger partial charge is 0.407 e. The van der Waals surface area contributed by atoms with Crippen molar-refractivity contribution in [2.24, 2.45) is 22.7 Å². The number of benzene rings is 3. The molecule has 4 amide bonds. The predicted octanol–water partition coefficient (Wildman–Crippen LogP) is 7.06. The fourth-order valence-electron chi connectivity index (χ4n) is 9.55. The molecule has 0 radical (unpaired) electrons. The number of piperidine rings is 1. The van der Waals surface area contributed by atoms with E-state index in [0.29, 0.717) is 18.9 Å². The molecule has 13 heteroatoms. The fraction of sp³-hybridized carbons (Fsp3) is 0.447. The summed E-state index contributed by atoms with van der Waals surface area (Å²) < 4.78 is 9.60. The molecule has 2 bridgehead atoms. The summed E-state index contributed by atoms with van der Waals surface area (Å²) in [5.41, 5.74) is 6.70. The Hall–Kier alpha value is -6.16. The van der Waals surface area contributed by atoms with Gasteiger partial charge in [-0.15, -0.1) is 0 Å². The number of alkyl carbamates (subject to hydrolysis) is 2. The summed E-state index contributed by atoms with van der Waals surface area (Å²) in [6.07, 6.45) is 5.89. The molecule has 3 aromatic carbocycles. The molecule has 3 N–H and O–H groups in total. The molecule has 13 nitrogen and oxygen atoms in total. The van der Waals surface area contributed by atoms with Crippen LogP contribution in [0.1, 0.15) is 88.4 Å². The van der Waals surface area contributed by atoms with Crippen molar-refractivity contribution in [3.63, 3.8) is 0 Å². The minimum absolute atomic E-state index is 0.0614. The van der Waals surface area contributed by atoms with Crippen LogP contribution >= 0.6 is 0 Å². The van der Waals surface area contributed by atoms with E-state index < -0.39 is 24.3 Å². The third-order valence-corrected chi connectivity index (χ3v) is 12.6. The molecule has 1 aliphatic carbocycles. The maximum Gasteiger partial charge on any atom is 0.407 e. The number of aliphatic imine (C=N–C) groups is 1. The highest BCUT2D eigenvalue weighted by molar-refractivity contribution is 6.01. The van der Waals surface area contributed by atoms with E-state index in [-0.39, 0.29) is 41.8 Å². The molecule has 3 fully saturated rings. The zero-order valence-electron chi connectivity index (χ0n) is 35.1. The van der Waals surface area contributed by atoms with Crippen LogP contribution in [0.5, 0.6) is 0 Å². The quantitative estimate of drug-likeness (QED) is 0.153. The van der Waals surface area contributed by atoms with Gasteiger partial charge < -0.3 is 34.9 Å². The van der Waals surface area contributed by atoms with Crippen LogP contribution in [0.3, 0.4) is 0 Å². The van der Waals surface area contributed by atoms with E-state index in [2.05, 4.69) is 63.9 Å². The largest absolute Gasteiger partial charge is 0.453 e. The van der Waals surface area contributed by atoms with Gasteiger partial charge in [-0.25, -0.2) is 14.6 Å². The molecule has 4 aliphatic rings. The highest BCUT2D eigenvalue weighted by atomic mass is 16.5. The number of rotatable bonds is 9. The summed E-state index contributed by atoms with van der Waals surface area (Å²) in [4.78, 5) is 68.8. The van der Waals surface area contributed by atoms with Crippen LogP contribution in [0.25, 0.3) is 22.0 Å². The van der Waals surface area contributed by atoms with E-state index in [9.17, 15) is 19.2 Å². The zero-order valence-corrected chi connectivity index (χ0v) is 35.1. The Morgan fingerprint density at radius 3 is 2.20 bits per heavy atom. The van der Waals surface area contributed by atoms with Gasteiger partial charge in [0.1, 0.15) is 17.9 Å². The van der Waals surface area contributed by atoms with E-state index in [4.69, 9.17) is 19.5 Å². The van der Waals surface area contributed by atoms with Crippen molar-refractivity contribution in [3.05, 3.63) is 83.3 Å². The predicted molar refractivity (Wildman–Crippen MR) is 229 cm³/mol. The summed E-state index contributed by atoms with van der Waals surface area (Å²) in [5.74, 6) is 7.41. The molecular formula is C47H53N7O6. The average Bonchev–Trinajstić information content (AvgIpc) is 4.11. The van der Waals surface area contributed by atoms with Crippen LogP contribution in [0.15, 0.2) is 65.8 Å². The number of carbonyl (C=O) groups is 4. The number of H-pyrrole nitrogens is 1. The van der Waals surface area contributed by atoms with Crippen LogP contribution in [0.4, 0.5) is 15.3 Å². The normalized spacial score (nSPS) is 21.4. The van der Waals surface area contributed by atoms with Crippen LogP contribution in [-0.2, 0) is 25.5 Å². The second kappa shape index (κ2) is 16.8. The summed E-state index contributed by atoms with van der Waals surface area (Å²) in [6.45, 7) is 8.28. The lowest BCUT2D eigenvalue weighted by Gasteiger charge is -2.38. The molecule has 1 aromatic heterocycles. The lowest BCUT2D eigenvalue weighted by Crippen LogP contribution is -2.57. The Labute approximate surface area is 350 Å². The van der Waals surface area contributed by atoms with Crippen LogP contribution < -0.4 is 10.6 Å². The van der Waals surface area contributed by atoms with Gasteiger partial charge >= 0.3 is 12.2 Å². The SMILES string of the molecule is COC(=O)N[C@H](C(=O)N1CCC[C@H]1c1ncc(-c2ccc3cc(C#Cc4ccc5c(c4)CC([C@@H]4[C@H]6CC[C@H](C6)N4C(=O)[C@@H](NC(=O)OC)C(C)C)=N5)ccc3c2)[nH]1)C(C)C. The number of hydrogen-bond acceptors (Lipinski definition) is 8. The van der Waals surface area contributed by atoms with E-state index >= 15 is 0 Å². The molecule has 8 rings (SSSR count). The minimum Gasteiger partial charge on any atom is -0.453 e. The third-order valence-electron chi connectivity index (χ3n) is 12.6. The Bertz CT molecular complexity index is 2430. The number of nitrogens with zero attached hydrogens (tertiary/aromatic N) is 4. The van der Waals surface area contributed by atoms with Gasteiger partial charge in [0.25, 0.3) is 0 Å². The van der Waals surface area contributed by atoms with Crippen LogP contribution in [0.2, 0.25) is 0 Å². The first-order valence-corrected chi connectivity index (χ1v) is 21.1. The topological polar surface area (TPSA) is 158 Å². The first kappa shape index (κ1) is 40.6. The number of methoxy groups -OCH3 is 2. The Balaban J connectivity index is 0.938. The van der Waals surface area contributed by atoms with Crippen molar-refractivity contribution in [1.82, 2.24) is 30.4 Å². The van der Waals surface area contributed by atoms with Gasteiger partial charge in [-0.1, -0.05) is 57.7 Å². The average molecular weight is 812 g/mol. The molecule has 0 unspecified atom stereocenters. The number of nitrogens with one attached hydrogen (secondary N) is 3. The molecule has 3 aliphatic heterocycles. The van der Waals surface area contributed by atoms with Gasteiger partial charge in [-0.05, 0) is 103 Å². The highest BCUT2D eigenvalue weighted by Crippen LogP contribution is 2.46. The molecule has 312 valence electrons. The number of amides is 4. The summed E-state index contributed by atoms with van der Waals surface area (Å²) in [5, 5.41) is 7.61. The molecule has 4 heterocycles. The van der Waals surface area contributed by atoms with Crippen molar-refractivity contribution < 1.29 is 28.7 Å².